The average molecular weight is 604 g/mol. The molecule has 36 heavy (non-hydrogen) atoms. The molecule has 0 aliphatic rings. The number of thiophene rings is 3. The van der Waals surface area contributed by atoms with Gasteiger partial charge in [-0.3, -0.25) is 0 Å². The molecule has 3 aromatic heterocycles. The molecule has 0 spiro atoms. The Balaban J connectivity index is 0.00000267. The molecule has 0 amide bonds. The summed E-state index contributed by atoms with van der Waals surface area (Å²) in [6, 6.07) is 44.9. The number of halogens is 1. The molecule has 0 fully saturated rings. The molecule has 0 saturated heterocycles. The standard InChI is InChI=1S/C31H24PS3.BrH/c1-4-12-25(13-5-1)32(26-14-6-2-7-15-26,27-16-8-3-9-17-27)23-24-22-30(28-18-10-20-33-28)35-31(24)29-19-11-21-34-29;/h1-22H,23H2;1H/q+1;/p-1. The first-order valence-corrected chi connectivity index (χ1v) is 16.1. The second-order valence-electron chi connectivity index (χ2n) is 8.39. The molecular weight excluding hydrogens is 579 g/mol. The summed E-state index contributed by atoms with van der Waals surface area (Å²) in [4.78, 5) is 5.49. The minimum Gasteiger partial charge on any atom is -1.00 e. The molecule has 0 bridgehead atoms. The maximum Gasteiger partial charge on any atom is 0.116 e. The first kappa shape index (κ1) is 25.3. The minimum absolute atomic E-state index is 0. The molecule has 6 aromatic rings. The lowest BCUT2D eigenvalue weighted by Crippen LogP contribution is -3.00. The van der Waals surface area contributed by atoms with Gasteiger partial charge in [0, 0.05) is 20.2 Å². The van der Waals surface area contributed by atoms with Gasteiger partial charge in [-0.05, 0) is 65.4 Å². The van der Waals surface area contributed by atoms with Gasteiger partial charge in [0.25, 0.3) is 0 Å². The monoisotopic (exact) mass is 602 g/mol. The van der Waals surface area contributed by atoms with Gasteiger partial charge in [0.05, 0.1) is 11.0 Å². The van der Waals surface area contributed by atoms with E-state index < -0.39 is 7.26 Å². The molecule has 178 valence electrons. The van der Waals surface area contributed by atoms with Crippen LogP contribution in [0.4, 0.5) is 0 Å². The van der Waals surface area contributed by atoms with Crippen molar-refractivity contribution in [2.24, 2.45) is 0 Å². The number of benzene rings is 3. The summed E-state index contributed by atoms with van der Waals surface area (Å²) in [5, 5.41) is 8.65. The Morgan fingerprint density at radius 2 is 0.972 bits per heavy atom. The van der Waals surface area contributed by atoms with E-state index in [1.165, 1.54) is 41.0 Å². The van der Waals surface area contributed by atoms with E-state index in [0.29, 0.717) is 0 Å². The quantitative estimate of drug-likeness (QED) is 0.206. The number of hydrogen-bond acceptors (Lipinski definition) is 3. The van der Waals surface area contributed by atoms with E-state index in [2.05, 4.69) is 132 Å². The first-order chi connectivity index (χ1) is 17.3. The van der Waals surface area contributed by atoms with E-state index in [-0.39, 0.29) is 17.0 Å². The molecule has 0 radical (unpaired) electrons. The predicted molar refractivity (Wildman–Crippen MR) is 160 cm³/mol. The summed E-state index contributed by atoms with van der Waals surface area (Å²) in [5.74, 6) is 0. The molecule has 5 heteroatoms. The predicted octanol–water partition coefficient (Wildman–Crippen LogP) is 5.70. The summed E-state index contributed by atoms with van der Waals surface area (Å²) in [5.41, 5.74) is 1.45. The molecule has 0 unspecified atom stereocenters. The molecule has 3 aromatic carbocycles. The van der Waals surface area contributed by atoms with Crippen molar-refractivity contribution in [3.8, 4) is 19.5 Å². The fourth-order valence-electron chi connectivity index (χ4n) is 4.73. The van der Waals surface area contributed by atoms with E-state index in [1.807, 2.05) is 34.0 Å². The molecule has 0 N–H and O–H groups in total. The SMILES string of the molecule is [Br-].c1ccc([P+](Cc2cc(-c3cccs3)sc2-c2cccs2)(c2ccccc2)c2ccccc2)cc1. The van der Waals surface area contributed by atoms with Gasteiger partial charge in [-0.25, -0.2) is 0 Å². The van der Waals surface area contributed by atoms with Crippen molar-refractivity contribution >= 4 is 57.2 Å². The Kier molecular flexibility index (Phi) is 8.00. The molecule has 0 atom stereocenters. The average Bonchev–Trinajstić information content (AvgIpc) is 3.71. The molecule has 3 heterocycles. The van der Waals surface area contributed by atoms with Crippen LogP contribution in [0.3, 0.4) is 0 Å². The van der Waals surface area contributed by atoms with Crippen LogP contribution in [-0.2, 0) is 6.16 Å². The van der Waals surface area contributed by atoms with Crippen molar-refractivity contribution < 1.29 is 17.0 Å². The lowest BCUT2D eigenvalue weighted by Gasteiger charge is -2.28. The summed E-state index contributed by atoms with van der Waals surface area (Å²) in [6.07, 6.45) is 1.00. The highest BCUT2D eigenvalue weighted by molar-refractivity contribution is 7.95. The first-order valence-electron chi connectivity index (χ1n) is 11.6. The third kappa shape index (κ3) is 4.81. The minimum atomic E-state index is -1.95. The third-order valence-corrected chi connectivity index (χ3v) is 14.0. The third-order valence-electron chi connectivity index (χ3n) is 6.32. The van der Waals surface area contributed by atoms with Crippen LogP contribution in [0.15, 0.2) is 132 Å². The van der Waals surface area contributed by atoms with Crippen molar-refractivity contribution in [3.05, 3.63) is 138 Å². The fraction of sp³-hybridized carbons (Fsp3) is 0.0323. The Morgan fingerprint density at radius 3 is 1.42 bits per heavy atom. The van der Waals surface area contributed by atoms with Crippen molar-refractivity contribution in [2.75, 3.05) is 0 Å². The summed E-state index contributed by atoms with van der Waals surface area (Å²) < 4.78 is 0. The lowest BCUT2D eigenvalue weighted by molar-refractivity contribution is -0.00000641. The topological polar surface area (TPSA) is 0 Å². The number of hydrogen-bond donors (Lipinski definition) is 0. The normalized spacial score (nSPS) is 11.2. The zero-order chi connectivity index (χ0) is 23.5. The van der Waals surface area contributed by atoms with Crippen molar-refractivity contribution in [3.63, 3.8) is 0 Å². The zero-order valence-electron chi connectivity index (χ0n) is 19.5. The Hall–Kier alpha value is -2.33. The molecule has 0 aliphatic heterocycles. The van der Waals surface area contributed by atoms with Crippen LogP contribution in [0.25, 0.3) is 19.5 Å². The van der Waals surface area contributed by atoms with Crippen LogP contribution < -0.4 is 32.9 Å². The second kappa shape index (κ2) is 11.4. The van der Waals surface area contributed by atoms with Gasteiger partial charge < -0.3 is 17.0 Å². The van der Waals surface area contributed by atoms with E-state index in [4.69, 9.17) is 0 Å². The van der Waals surface area contributed by atoms with E-state index >= 15 is 0 Å². The van der Waals surface area contributed by atoms with Crippen LogP contribution >= 0.6 is 41.3 Å². The van der Waals surface area contributed by atoms with Crippen molar-refractivity contribution in [2.45, 2.75) is 6.16 Å². The van der Waals surface area contributed by atoms with Gasteiger partial charge in [-0.1, -0.05) is 66.7 Å². The highest BCUT2D eigenvalue weighted by Crippen LogP contribution is 2.60. The van der Waals surface area contributed by atoms with Gasteiger partial charge in [0.1, 0.15) is 23.2 Å². The summed E-state index contributed by atoms with van der Waals surface area (Å²) >= 11 is 5.61. The van der Waals surface area contributed by atoms with E-state index in [9.17, 15) is 0 Å². The van der Waals surface area contributed by atoms with Crippen LogP contribution in [0.1, 0.15) is 5.56 Å². The molecule has 0 aliphatic carbocycles. The van der Waals surface area contributed by atoms with E-state index in [0.717, 1.165) is 6.16 Å². The Labute approximate surface area is 236 Å². The van der Waals surface area contributed by atoms with Gasteiger partial charge in [0.15, 0.2) is 0 Å². The highest BCUT2D eigenvalue weighted by atomic mass is 79.9. The molecule has 6 rings (SSSR count). The summed E-state index contributed by atoms with van der Waals surface area (Å²) in [6.45, 7) is 0. The zero-order valence-corrected chi connectivity index (χ0v) is 24.4. The molecular formula is C31H24BrPS3. The Morgan fingerprint density at radius 1 is 0.500 bits per heavy atom. The molecule has 0 nitrogen and oxygen atoms in total. The largest absolute Gasteiger partial charge is 1.00 e. The van der Waals surface area contributed by atoms with Crippen molar-refractivity contribution in [1.82, 2.24) is 0 Å². The second-order valence-corrected chi connectivity index (χ2v) is 14.8. The molecule has 0 saturated carbocycles. The van der Waals surface area contributed by atoms with Crippen LogP contribution in [-0.4, -0.2) is 0 Å². The number of rotatable bonds is 7. The van der Waals surface area contributed by atoms with Crippen molar-refractivity contribution in [1.29, 1.82) is 0 Å². The lowest BCUT2D eigenvalue weighted by atomic mass is 10.2. The van der Waals surface area contributed by atoms with Crippen LogP contribution in [0.2, 0.25) is 0 Å². The Bertz CT molecular complexity index is 1390. The van der Waals surface area contributed by atoms with E-state index in [1.54, 1.807) is 0 Å². The van der Waals surface area contributed by atoms with Gasteiger partial charge >= 0.3 is 0 Å². The fourth-order valence-corrected chi connectivity index (χ4v) is 12.0. The maximum absolute atomic E-state index is 2.47. The van der Waals surface area contributed by atoms with Gasteiger partial charge in [-0.15, -0.1) is 34.0 Å². The summed E-state index contributed by atoms with van der Waals surface area (Å²) in [7, 11) is -1.95. The van der Waals surface area contributed by atoms with Crippen LogP contribution in [0.5, 0.6) is 0 Å². The van der Waals surface area contributed by atoms with Crippen LogP contribution in [0, 0.1) is 0 Å². The maximum atomic E-state index is 2.47. The highest BCUT2D eigenvalue weighted by Gasteiger charge is 2.46. The van der Waals surface area contributed by atoms with Gasteiger partial charge in [-0.2, -0.15) is 0 Å². The smallest absolute Gasteiger partial charge is 0.116 e. The van der Waals surface area contributed by atoms with Gasteiger partial charge in [0.2, 0.25) is 0 Å².